The number of hydrogen-bond acceptors (Lipinski definition) is 5. The topological polar surface area (TPSA) is 118 Å². The molecular formula is C19H27N5O3. The Morgan fingerprint density at radius 2 is 2.15 bits per heavy atom. The largest absolute Gasteiger partial charge is 0.355 e. The molecule has 2 amide bonds. The number of aryl methyl sites for hydroxylation is 1. The quantitative estimate of drug-likeness (QED) is 0.672. The number of amides is 2. The van der Waals surface area contributed by atoms with Crippen molar-refractivity contribution in [1.29, 1.82) is 5.26 Å². The molecule has 8 nitrogen and oxygen atoms in total. The summed E-state index contributed by atoms with van der Waals surface area (Å²) in [5, 5.41) is 14.8. The standard InChI is InChI=1S/C19H27N5O3/c1-5-21-19(27)16-7-14(10-24(16)9-11(2)3)23-18(26)15-6-13(8-20)17(25)22-12(15)4/h6,11,14,16H,5,7,9-10H2,1-4H3,(H,21,27)(H,22,25)(H,23,26)/t14-,16-/m0/s1. The third-order valence-electron chi connectivity index (χ3n) is 4.60. The predicted molar refractivity (Wildman–Crippen MR) is 101 cm³/mol. The van der Waals surface area contributed by atoms with Crippen molar-refractivity contribution in [2.24, 2.45) is 5.92 Å². The first-order chi connectivity index (χ1) is 12.8. The second-order valence-corrected chi connectivity index (χ2v) is 7.33. The number of carbonyl (C=O) groups is 2. The molecule has 0 bridgehead atoms. The van der Waals surface area contributed by atoms with E-state index < -0.39 is 5.56 Å². The maximum absolute atomic E-state index is 12.7. The third-order valence-corrected chi connectivity index (χ3v) is 4.60. The average Bonchev–Trinajstić information content (AvgIpc) is 2.96. The molecule has 27 heavy (non-hydrogen) atoms. The Balaban J connectivity index is 2.15. The molecule has 146 valence electrons. The van der Waals surface area contributed by atoms with E-state index in [1.807, 2.05) is 6.92 Å². The van der Waals surface area contributed by atoms with Gasteiger partial charge in [-0.3, -0.25) is 19.3 Å². The van der Waals surface area contributed by atoms with Crippen LogP contribution in [0.5, 0.6) is 0 Å². The highest BCUT2D eigenvalue weighted by Gasteiger charge is 2.37. The molecule has 2 rings (SSSR count). The van der Waals surface area contributed by atoms with Gasteiger partial charge < -0.3 is 15.6 Å². The van der Waals surface area contributed by atoms with Gasteiger partial charge in [-0.05, 0) is 32.3 Å². The zero-order valence-electron chi connectivity index (χ0n) is 16.3. The number of hydrogen-bond donors (Lipinski definition) is 3. The van der Waals surface area contributed by atoms with E-state index in [-0.39, 0.29) is 35.0 Å². The fourth-order valence-corrected chi connectivity index (χ4v) is 3.45. The Labute approximate surface area is 158 Å². The molecule has 1 aromatic rings. The smallest absolute Gasteiger partial charge is 0.266 e. The van der Waals surface area contributed by atoms with E-state index in [0.29, 0.717) is 31.1 Å². The number of nitrogens with zero attached hydrogens (tertiary/aromatic N) is 2. The summed E-state index contributed by atoms with van der Waals surface area (Å²) in [5.41, 5.74) is 0.0717. The second kappa shape index (κ2) is 8.82. The number of rotatable bonds is 6. The van der Waals surface area contributed by atoms with Crippen LogP contribution in [0.1, 0.15) is 48.8 Å². The van der Waals surface area contributed by atoms with Crippen molar-refractivity contribution in [2.45, 2.75) is 46.2 Å². The van der Waals surface area contributed by atoms with Crippen LogP contribution in [0, 0.1) is 24.2 Å². The molecule has 2 heterocycles. The lowest BCUT2D eigenvalue weighted by Crippen LogP contribution is -2.44. The number of H-pyrrole nitrogens is 1. The number of aromatic amines is 1. The van der Waals surface area contributed by atoms with Gasteiger partial charge in [0.15, 0.2) is 0 Å². The molecule has 1 aliphatic heterocycles. The Morgan fingerprint density at radius 1 is 1.44 bits per heavy atom. The average molecular weight is 373 g/mol. The highest BCUT2D eigenvalue weighted by molar-refractivity contribution is 5.95. The molecule has 8 heteroatoms. The van der Waals surface area contributed by atoms with Gasteiger partial charge in [-0.25, -0.2) is 0 Å². The molecule has 0 aliphatic carbocycles. The van der Waals surface area contributed by atoms with Crippen LogP contribution in [-0.4, -0.2) is 53.4 Å². The maximum Gasteiger partial charge on any atom is 0.266 e. The maximum atomic E-state index is 12.7. The third kappa shape index (κ3) is 4.95. The summed E-state index contributed by atoms with van der Waals surface area (Å²) in [5.74, 6) is 0.0178. The van der Waals surface area contributed by atoms with E-state index in [1.54, 1.807) is 13.0 Å². The van der Waals surface area contributed by atoms with Crippen molar-refractivity contribution < 1.29 is 9.59 Å². The molecule has 0 aromatic carbocycles. The summed E-state index contributed by atoms with van der Waals surface area (Å²) in [4.78, 5) is 41.3. The first-order valence-electron chi connectivity index (χ1n) is 9.23. The Morgan fingerprint density at radius 3 is 2.74 bits per heavy atom. The molecule has 1 saturated heterocycles. The van der Waals surface area contributed by atoms with E-state index in [9.17, 15) is 14.4 Å². The molecule has 1 aliphatic rings. The van der Waals surface area contributed by atoms with Crippen LogP contribution >= 0.6 is 0 Å². The van der Waals surface area contributed by atoms with Crippen LogP contribution in [0.2, 0.25) is 0 Å². The zero-order valence-corrected chi connectivity index (χ0v) is 16.3. The van der Waals surface area contributed by atoms with Crippen LogP contribution < -0.4 is 16.2 Å². The van der Waals surface area contributed by atoms with Crippen LogP contribution in [0.25, 0.3) is 0 Å². The molecule has 2 atom stereocenters. The van der Waals surface area contributed by atoms with Gasteiger partial charge in [0.1, 0.15) is 11.6 Å². The Bertz CT molecular complexity index is 809. The minimum absolute atomic E-state index is 0.0260. The number of nitrogens with one attached hydrogen (secondary N) is 3. The highest BCUT2D eigenvalue weighted by Crippen LogP contribution is 2.20. The zero-order chi connectivity index (χ0) is 20.1. The van der Waals surface area contributed by atoms with Gasteiger partial charge in [0.25, 0.3) is 11.5 Å². The van der Waals surface area contributed by atoms with Crippen molar-refractivity contribution >= 4 is 11.8 Å². The summed E-state index contributed by atoms with van der Waals surface area (Å²) >= 11 is 0. The minimum Gasteiger partial charge on any atom is -0.355 e. The van der Waals surface area contributed by atoms with Crippen molar-refractivity contribution in [2.75, 3.05) is 19.6 Å². The SMILES string of the molecule is CCNC(=O)[C@@H]1C[C@H](NC(=O)c2cc(C#N)c(=O)[nH]c2C)CN1CC(C)C. The number of likely N-dealkylation sites (tertiary alicyclic amines) is 1. The fourth-order valence-electron chi connectivity index (χ4n) is 3.45. The van der Waals surface area contributed by atoms with Gasteiger partial charge >= 0.3 is 0 Å². The predicted octanol–water partition coefficient (Wildman–Crippen LogP) is 0.520. The number of nitriles is 1. The van der Waals surface area contributed by atoms with E-state index in [2.05, 4.69) is 34.4 Å². The first kappa shape index (κ1) is 20.6. The fraction of sp³-hybridized carbons (Fsp3) is 0.579. The molecule has 0 unspecified atom stereocenters. The number of likely N-dealkylation sites (N-methyl/N-ethyl adjacent to an activating group) is 1. The van der Waals surface area contributed by atoms with Crippen molar-refractivity contribution in [3.05, 3.63) is 33.2 Å². The highest BCUT2D eigenvalue weighted by atomic mass is 16.2. The monoisotopic (exact) mass is 373 g/mol. The van der Waals surface area contributed by atoms with E-state index in [1.165, 1.54) is 6.07 Å². The van der Waals surface area contributed by atoms with Gasteiger partial charge in [0.05, 0.1) is 11.6 Å². The van der Waals surface area contributed by atoms with Crippen LogP contribution in [0.15, 0.2) is 10.9 Å². The van der Waals surface area contributed by atoms with Crippen LogP contribution in [0.3, 0.4) is 0 Å². The summed E-state index contributed by atoms with van der Waals surface area (Å²) in [6.45, 7) is 9.60. The molecule has 1 fully saturated rings. The number of carbonyl (C=O) groups excluding carboxylic acids is 2. The lowest BCUT2D eigenvalue weighted by Gasteiger charge is -2.24. The number of aromatic nitrogens is 1. The normalized spacial score (nSPS) is 19.7. The minimum atomic E-state index is -0.508. The van der Waals surface area contributed by atoms with Crippen molar-refractivity contribution in [3.63, 3.8) is 0 Å². The molecule has 0 radical (unpaired) electrons. The van der Waals surface area contributed by atoms with Crippen molar-refractivity contribution in [1.82, 2.24) is 20.5 Å². The van der Waals surface area contributed by atoms with Gasteiger partial charge in [-0.2, -0.15) is 5.26 Å². The van der Waals surface area contributed by atoms with Crippen molar-refractivity contribution in [3.8, 4) is 6.07 Å². The Kier molecular flexibility index (Phi) is 6.75. The van der Waals surface area contributed by atoms with Gasteiger partial charge in [0, 0.05) is 31.4 Å². The van der Waals surface area contributed by atoms with Gasteiger partial charge in [-0.15, -0.1) is 0 Å². The lowest BCUT2D eigenvalue weighted by molar-refractivity contribution is -0.125. The molecule has 3 N–H and O–H groups in total. The summed E-state index contributed by atoms with van der Waals surface area (Å²) in [6, 6.07) is 2.65. The van der Waals surface area contributed by atoms with E-state index >= 15 is 0 Å². The summed E-state index contributed by atoms with van der Waals surface area (Å²) in [7, 11) is 0. The van der Waals surface area contributed by atoms with E-state index in [4.69, 9.17) is 5.26 Å². The number of pyridine rings is 1. The Hall–Kier alpha value is -2.66. The van der Waals surface area contributed by atoms with Crippen LogP contribution in [0.4, 0.5) is 0 Å². The van der Waals surface area contributed by atoms with Crippen LogP contribution in [-0.2, 0) is 4.79 Å². The van der Waals surface area contributed by atoms with Gasteiger partial charge in [0.2, 0.25) is 5.91 Å². The first-order valence-corrected chi connectivity index (χ1v) is 9.23. The molecule has 1 aromatic heterocycles. The molecule has 0 saturated carbocycles. The summed E-state index contributed by atoms with van der Waals surface area (Å²) < 4.78 is 0. The second-order valence-electron chi connectivity index (χ2n) is 7.33. The lowest BCUT2D eigenvalue weighted by atomic mass is 10.1. The van der Waals surface area contributed by atoms with Gasteiger partial charge in [-0.1, -0.05) is 13.8 Å². The van der Waals surface area contributed by atoms with E-state index in [0.717, 1.165) is 6.54 Å². The summed E-state index contributed by atoms with van der Waals surface area (Å²) in [6.07, 6.45) is 0.526. The molecular weight excluding hydrogens is 346 g/mol. The molecule has 0 spiro atoms.